The minimum Gasteiger partial charge on any atom is -0.469 e. The van der Waals surface area contributed by atoms with E-state index in [-0.39, 0.29) is 18.3 Å². The first-order valence-corrected chi connectivity index (χ1v) is 10.5. The van der Waals surface area contributed by atoms with E-state index in [0.717, 1.165) is 5.56 Å². The zero-order valence-electron chi connectivity index (χ0n) is 18.4. The van der Waals surface area contributed by atoms with Crippen molar-refractivity contribution in [3.05, 3.63) is 34.9 Å². The van der Waals surface area contributed by atoms with E-state index in [1.807, 2.05) is 12.1 Å². The number of esters is 1. The second-order valence-electron chi connectivity index (χ2n) is 8.69. The highest BCUT2D eigenvalue weighted by Gasteiger charge is 2.52. The van der Waals surface area contributed by atoms with E-state index in [9.17, 15) is 14.4 Å². The summed E-state index contributed by atoms with van der Waals surface area (Å²) in [7, 11) is 1.34. The lowest BCUT2D eigenvalue weighted by molar-refractivity contribution is -0.152. The second kappa shape index (κ2) is 9.69. The predicted octanol–water partition coefficient (Wildman–Crippen LogP) is 4.02. The van der Waals surface area contributed by atoms with E-state index in [1.165, 1.54) is 12.0 Å². The van der Waals surface area contributed by atoms with Crippen molar-refractivity contribution in [2.75, 3.05) is 20.2 Å². The first-order valence-electron chi connectivity index (χ1n) is 10.1. The molecule has 7 nitrogen and oxygen atoms in total. The third-order valence-corrected chi connectivity index (χ3v) is 5.36. The number of rotatable bonds is 7. The molecule has 0 saturated carbocycles. The average Bonchev–Trinajstić information content (AvgIpc) is 2.65. The molecule has 8 heteroatoms. The predicted molar refractivity (Wildman–Crippen MR) is 114 cm³/mol. The van der Waals surface area contributed by atoms with Crippen LogP contribution in [0.5, 0.6) is 0 Å². The average molecular weight is 439 g/mol. The fourth-order valence-electron chi connectivity index (χ4n) is 3.31. The number of likely N-dealkylation sites (tertiary alicyclic amines) is 1. The number of halogens is 1. The van der Waals surface area contributed by atoms with E-state index in [4.69, 9.17) is 21.1 Å². The minimum absolute atomic E-state index is 0.167. The quantitative estimate of drug-likeness (QED) is 0.601. The highest BCUT2D eigenvalue weighted by molar-refractivity contribution is 6.30. The van der Waals surface area contributed by atoms with Crippen LogP contribution in [0.3, 0.4) is 0 Å². The van der Waals surface area contributed by atoms with Gasteiger partial charge in [-0.25, -0.2) is 4.79 Å². The van der Waals surface area contributed by atoms with Gasteiger partial charge in [0.15, 0.2) is 0 Å². The smallest absolute Gasteiger partial charge is 0.411 e. The zero-order chi connectivity index (χ0) is 22.5. The second-order valence-corrected chi connectivity index (χ2v) is 9.13. The van der Waals surface area contributed by atoms with Crippen LogP contribution in [0, 0.1) is 0 Å². The molecule has 1 fully saturated rings. The fraction of sp³-hybridized carbons (Fsp3) is 0.591. The number of carbonyl (C=O) groups is 3. The van der Waals surface area contributed by atoms with Crippen LogP contribution in [-0.4, -0.2) is 59.1 Å². The van der Waals surface area contributed by atoms with E-state index in [0.29, 0.717) is 37.5 Å². The van der Waals surface area contributed by atoms with Crippen molar-refractivity contribution in [3.63, 3.8) is 0 Å². The summed E-state index contributed by atoms with van der Waals surface area (Å²) in [5, 5.41) is 0.615. The summed E-state index contributed by atoms with van der Waals surface area (Å²) >= 11 is 5.97. The normalized spacial score (nSPS) is 18.4. The number of ether oxygens (including phenoxy) is 2. The topological polar surface area (TPSA) is 76.2 Å². The van der Waals surface area contributed by atoms with Crippen molar-refractivity contribution < 1.29 is 23.9 Å². The maximum Gasteiger partial charge on any atom is 0.411 e. The van der Waals surface area contributed by atoms with Crippen molar-refractivity contribution in [3.8, 4) is 0 Å². The van der Waals surface area contributed by atoms with Crippen LogP contribution < -0.4 is 0 Å². The van der Waals surface area contributed by atoms with Gasteiger partial charge in [0.2, 0.25) is 5.91 Å². The molecule has 166 valence electrons. The van der Waals surface area contributed by atoms with E-state index < -0.39 is 17.2 Å². The number of hydrogen-bond donors (Lipinski definition) is 0. The number of hydrogen-bond acceptors (Lipinski definition) is 5. The Morgan fingerprint density at radius 1 is 1.20 bits per heavy atom. The molecule has 1 heterocycles. The first-order chi connectivity index (χ1) is 14.0. The van der Waals surface area contributed by atoms with Gasteiger partial charge in [-0.15, -0.1) is 0 Å². The van der Waals surface area contributed by atoms with Gasteiger partial charge in [0, 0.05) is 31.1 Å². The van der Waals surface area contributed by atoms with Crippen LogP contribution >= 0.6 is 11.6 Å². The summed E-state index contributed by atoms with van der Waals surface area (Å²) in [6, 6.07) is 7.26. The molecule has 1 saturated heterocycles. The van der Waals surface area contributed by atoms with Gasteiger partial charge in [-0.3, -0.25) is 14.5 Å². The SMILES string of the molecule is COC(=O)CCCN(Cc1ccc(Cl)cc1)C(=O)C1(C)CCN1C(=O)OC(C)(C)C. The van der Waals surface area contributed by atoms with Gasteiger partial charge in [-0.05, 0) is 58.2 Å². The lowest BCUT2D eigenvalue weighted by atomic mass is 9.85. The summed E-state index contributed by atoms with van der Waals surface area (Å²) in [6.45, 7) is 8.34. The van der Waals surface area contributed by atoms with Crippen molar-refractivity contribution in [1.29, 1.82) is 0 Å². The number of benzene rings is 1. The van der Waals surface area contributed by atoms with Gasteiger partial charge in [-0.1, -0.05) is 23.7 Å². The molecule has 1 aliphatic heterocycles. The maximum atomic E-state index is 13.5. The molecule has 1 aromatic rings. The molecule has 0 aromatic heterocycles. The summed E-state index contributed by atoms with van der Waals surface area (Å²) in [4.78, 5) is 40.7. The Hall–Kier alpha value is -2.28. The van der Waals surface area contributed by atoms with Crippen LogP contribution in [0.4, 0.5) is 4.79 Å². The largest absolute Gasteiger partial charge is 0.469 e. The van der Waals surface area contributed by atoms with Gasteiger partial charge in [0.1, 0.15) is 11.1 Å². The molecule has 0 radical (unpaired) electrons. The fourth-order valence-corrected chi connectivity index (χ4v) is 3.44. The van der Waals surface area contributed by atoms with Gasteiger partial charge < -0.3 is 14.4 Å². The van der Waals surface area contributed by atoms with Crippen molar-refractivity contribution in [2.24, 2.45) is 0 Å². The van der Waals surface area contributed by atoms with E-state index in [2.05, 4.69) is 0 Å². The Morgan fingerprint density at radius 3 is 2.33 bits per heavy atom. The summed E-state index contributed by atoms with van der Waals surface area (Å²) < 4.78 is 10.2. The Labute approximate surface area is 183 Å². The third kappa shape index (κ3) is 6.11. The number of amides is 2. The lowest BCUT2D eigenvalue weighted by Gasteiger charge is -2.50. The number of nitrogens with zero attached hydrogens (tertiary/aromatic N) is 2. The van der Waals surface area contributed by atoms with Crippen LogP contribution in [0.25, 0.3) is 0 Å². The van der Waals surface area contributed by atoms with Crippen LogP contribution in [0.2, 0.25) is 5.02 Å². The van der Waals surface area contributed by atoms with Gasteiger partial charge in [0.05, 0.1) is 7.11 Å². The van der Waals surface area contributed by atoms with Crippen LogP contribution in [0.15, 0.2) is 24.3 Å². The van der Waals surface area contributed by atoms with Crippen molar-refractivity contribution in [1.82, 2.24) is 9.80 Å². The molecule has 1 aromatic carbocycles. The summed E-state index contributed by atoms with van der Waals surface area (Å²) in [6.07, 6.45) is 0.742. The summed E-state index contributed by atoms with van der Waals surface area (Å²) in [5.41, 5.74) is -0.697. The molecule has 1 atom stereocenters. The van der Waals surface area contributed by atoms with Gasteiger partial charge in [-0.2, -0.15) is 0 Å². The highest BCUT2D eigenvalue weighted by Crippen LogP contribution is 2.34. The van der Waals surface area contributed by atoms with Crippen LogP contribution in [-0.2, 0) is 25.6 Å². The molecule has 30 heavy (non-hydrogen) atoms. The monoisotopic (exact) mass is 438 g/mol. The minimum atomic E-state index is -0.972. The molecular weight excluding hydrogens is 408 g/mol. The molecule has 0 spiro atoms. The van der Waals surface area contributed by atoms with Crippen molar-refractivity contribution >= 4 is 29.6 Å². The van der Waals surface area contributed by atoms with Gasteiger partial charge in [0.25, 0.3) is 0 Å². The molecule has 0 bridgehead atoms. The summed E-state index contributed by atoms with van der Waals surface area (Å²) in [5.74, 6) is -0.487. The zero-order valence-corrected chi connectivity index (χ0v) is 19.1. The maximum absolute atomic E-state index is 13.5. The highest BCUT2D eigenvalue weighted by atomic mass is 35.5. The number of carbonyl (C=O) groups excluding carboxylic acids is 3. The first kappa shape index (κ1) is 24.0. The Morgan fingerprint density at radius 2 is 1.83 bits per heavy atom. The Bertz CT molecular complexity index is 775. The van der Waals surface area contributed by atoms with Crippen molar-refractivity contribution in [2.45, 2.75) is 64.6 Å². The van der Waals surface area contributed by atoms with Gasteiger partial charge >= 0.3 is 12.1 Å². The lowest BCUT2D eigenvalue weighted by Crippen LogP contribution is -2.68. The molecule has 2 amide bonds. The van der Waals surface area contributed by atoms with Crippen LogP contribution in [0.1, 0.15) is 52.5 Å². The molecule has 1 aliphatic rings. The van der Waals surface area contributed by atoms with E-state index in [1.54, 1.807) is 44.7 Å². The molecule has 0 aliphatic carbocycles. The molecule has 1 unspecified atom stereocenters. The molecule has 2 rings (SSSR count). The molecular formula is C22H31ClN2O5. The Kier molecular flexibility index (Phi) is 7.75. The standard InChI is InChI=1S/C22H31ClN2O5/c1-21(2,3)30-20(28)25-14-12-22(25,4)19(27)24(13-6-7-18(26)29-5)15-16-8-10-17(23)11-9-16/h8-11H,6-7,12-15H2,1-5H3. The Balaban J connectivity index is 2.16. The number of methoxy groups -OCH3 is 1. The van der Waals surface area contributed by atoms with E-state index >= 15 is 0 Å². The molecule has 0 N–H and O–H groups in total. The third-order valence-electron chi connectivity index (χ3n) is 5.10.